The summed E-state index contributed by atoms with van der Waals surface area (Å²) >= 11 is 4.75. The summed E-state index contributed by atoms with van der Waals surface area (Å²) in [5, 5.41) is 13.2. The third kappa shape index (κ3) is 3.09. The van der Waals surface area contributed by atoms with Crippen molar-refractivity contribution in [1.82, 2.24) is 10.2 Å². The van der Waals surface area contributed by atoms with Crippen molar-refractivity contribution < 1.29 is 9.15 Å². The molecule has 130 valence electrons. The quantitative estimate of drug-likeness (QED) is 0.468. The Bertz CT molecular complexity index is 1160. The lowest BCUT2D eigenvalue weighted by atomic mass is 10.2. The Balaban J connectivity index is 1.73. The van der Waals surface area contributed by atoms with Gasteiger partial charge in [0.2, 0.25) is 5.13 Å². The summed E-state index contributed by atoms with van der Waals surface area (Å²) in [5.74, 6) is 0.514. The van der Waals surface area contributed by atoms with Crippen LogP contribution in [0.3, 0.4) is 0 Å². The van der Waals surface area contributed by atoms with Crippen LogP contribution in [-0.2, 0) is 0 Å². The summed E-state index contributed by atoms with van der Waals surface area (Å²) in [6.07, 6.45) is 0. The third-order valence-corrected chi connectivity index (χ3v) is 5.28. The Hall–Kier alpha value is -2.71. The number of hydrogen-bond acceptors (Lipinski definition) is 7. The molecule has 0 atom stereocenters. The molecule has 0 bridgehead atoms. The minimum absolute atomic E-state index is 0.364. The maximum absolute atomic E-state index is 12.4. The summed E-state index contributed by atoms with van der Waals surface area (Å²) in [6.45, 7) is 0. The standard InChI is InChI=1S/C18H12BrN3O3S/c1-24-14-8-4-5-10-9-11(17(23)25-15(10)14)16-21-22-18(26-16)20-13-7-3-2-6-12(13)19/h2-9H,1H3,(H,20,22). The van der Waals surface area contributed by atoms with Crippen molar-refractivity contribution in [2.75, 3.05) is 12.4 Å². The van der Waals surface area contributed by atoms with Crippen LogP contribution in [0, 0.1) is 0 Å². The Morgan fingerprint density at radius 1 is 1.15 bits per heavy atom. The number of nitrogens with zero attached hydrogens (tertiary/aromatic N) is 2. The number of anilines is 2. The number of halogens is 1. The van der Waals surface area contributed by atoms with E-state index in [2.05, 4.69) is 31.4 Å². The molecule has 2 heterocycles. The minimum atomic E-state index is -0.481. The zero-order valence-electron chi connectivity index (χ0n) is 13.5. The van der Waals surface area contributed by atoms with E-state index in [0.717, 1.165) is 15.5 Å². The molecule has 0 saturated heterocycles. The molecule has 1 N–H and O–H groups in total. The van der Waals surface area contributed by atoms with Crippen LogP contribution in [0.25, 0.3) is 21.5 Å². The molecule has 0 saturated carbocycles. The number of para-hydroxylation sites is 2. The summed E-state index contributed by atoms with van der Waals surface area (Å²) < 4.78 is 11.6. The van der Waals surface area contributed by atoms with E-state index in [1.807, 2.05) is 36.4 Å². The predicted molar refractivity (Wildman–Crippen MR) is 105 cm³/mol. The van der Waals surface area contributed by atoms with E-state index in [0.29, 0.717) is 27.0 Å². The smallest absolute Gasteiger partial charge is 0.346 e. The molecular formula is C18H12BrN3O3S. The van der Waals surface area contributed by atoms with Crippen LogP contribution in [0.1, 0.15) is 0 Å². The fourth-order valence-corrected chi connectivity index (χ4v) is 3.63. The van der Waals surface area contributed by atoms with Gasteiger partial charge in [0.25, 0.3) is 0 Å². The Kier molecular flexibility index (Phi) is 4.44. The van der Waals surface area contributed by atoms with Gasteiger partial charge in [0.15, 0.2) is 16.3 Å². The zero-order chi connectivity index (χ0) is 18.1. The molecule has 0 spiro atoms. The maximum Gasteiger partial charge on any atom is 0.346 e. The van der Waals surface area contributed by atoms with Gasteiger partial charge in [-0.3, -0.25) is 0 Å². The average molecular weight is 430 g/mol. The normalized spacial score (nSPS) is 10.8. The summed E-state index contributed by atoms with van der Waals surface area (Å²) in [5.41, 5.74) is 1.17. The van der Waals surface area contributed by atoms with Crippen LogP contribution < -0.4 is 15.7 Å². The summed E-state index contributed by atoms with van der Waals surface area (Å²) in [4.78, 5) is 12.4. The van der Waals surface area contributed by atoms with E-state index < -0.39 is 5.63 Å². The fourth-order valence-electron chi connectivity index (χ4n) is 2.49. The Labute approximate surface area is 160 Å². The molecule has 0 radical (unpaired) electrons. The minimum Gasteiger partial charge on any atom is -0.493 e. The van der Waals surface area contributed by atoms with E-state index in [4.69, 9.17) is 9.15 Å². The van der Waals surface area contributed by atoms with Gasteiger partial charge >= 0.3 is 5.63 Å². The van der Waals surface area contributed by atoms with E-state index in [1.165, 1.54) is 18.4 Å². The number of methoxy groups -OCH3 is 1. The van der Waals surface area contributed by atoms with Gasteiger partial charge in [-0.05, 0) is 40.2 Å². The lowest BCUT2D eigenvalue weighted by Crippen LogP contribution is -2.03. The van der Waals surface area contributed by atoms with E-state index in [-0.39, 0.29) is 0 Å². The van der Waals surface area contributed by atoms with Crippen LogP contribution >= 0.6 is 27.3 Å². The number of aromatic nitrogens is 2. The first-order chi connectivity index (χ1) is 12.7. The molecule has 4 aromatic rings. The van der Waals surface area contributed by atoms with Gasteiger partial charge in [-0.2, -0.15) is 0 Å². The van der Waals surface area contributed by atoms with Crippen molar-refractivity contribution >= 4 is 49.1 Å². The van der Waals surface area contributed by atoms with E-state index in [1.54, 1.807) is 12.1 Å². The van der Waals surface area contributed by atoms with Gasteiger partial charge < -0.3 is 14.5 Å². The molecule has 4 rings (SSSR count). The maximum atomic E-state index is 12.4. The number of rotatable bonds is 4. The monoisotopic (exact) mass is 429 g/mol. The van der Waals surface area contributed by atoms with Gasteiger partial charge in [-0.15, -0.1) is 10.2 Å². The largest absolute Gasteiger partial charge is 0.493 e. The topological polar surface area (TPSA) is 77.3 Å². The van der Waals surface area contributed by atoms with E-state index >= 15 is 0 Å². The van der Waals surface area contributed by atoms with Crippen LogP contribution in [0.4, 0.5) is 10.8 Å². The fraction of sp³-hybridized carbons (Fsp3) is 0.0556. The first-order valence-electron chi connectivity index (χ1n) is 7.62. The molecule has 26 heavy (non-hydrogen) atoms. The average Bonchev–Trinajstić information content (AvgIpc) is 3.11. The molecule has 0 fully saturated rings. The van der Waals surface area contributed by atoms with Crippen molar-refractivity contribution in [3.8, 4) is 16.3 Å². The van der Waals surface area contributed by atoms with Crippen molar-refractivity contribution in [2.45, 2.75) is 0 Å². The van der Waals surface area contributed by atoms with Gasteiger partial charge in [0.05, 0.1) is 18.4 Å². The molecule has 0 amide bonds. The Morgan fingerprint density at radius 3 is 2.81 bits per heavy atom. The third-order valence-electron chi connectivity index (χ3n) is 3.71. The molecule has 0 aliphatic carbocycles. The number of fused-ring (bicyclic) bond motifs is 1. The Morgan fingerprint density at radius 2 is 2.00 bits per heavy atom. The number of hydrogen-bond donors (Lipinski definition) is 1. The predicted octanol–water partition coefficient (Wildman–Crippen LogP) is 4.83. The first-order valence-corrected chi connectivity index (χ1v) is 9.23. The molecule has 2 aromatic carbocycles. The second-order valence-electron chi connectivity index (χ2n) is 5.34. The lowest BCUT2D eigenvalue weighted by Gasteiger charge is -2.04. The van der Waals surface area contributed by atoms with E-state index in [9.17, 15) is 4.79 Å². The first kappa shape index (κ1) is 16.7. The summed E-state index contributed by atoms with van der Waals surface area (Å²) in [7, 11) is 1.53. The van der Waals surface area contributed by atoms with Crippen molar-refractivity contribution in [3.05, 3.63) is 63.4 Å². The molecule has 2 aromatic heterocycles. The van der Waals surface area contributed by atoms with Gasteiger partial charge in [-0.1, -0.05) is 35.6 Å². The highest BCUT2D eigenvalue weighted by atomic mass is 79.9. The van der Waals surface area contributed by atoms with Crippen molar-refractivity contribution in [1.29, 1.82) is 0 Å². The molecule has 0 aliphatic rings. The van der Waals surface area contributed by atoms with Gasteiger partial charge in [0.1, 0.15) is 0 Å². The molecule has 0 unspecified atom stereocenters. The van der Waals surface area contributed by atoms with Gasteiger partial charge in [0, 0.05) is 9.86 Å². The SMILES string of the molecule is COc1cccc2cc(-c3nnc(Nc4ccccc4Br)s3)c(=O)oc12. The van der Waals surface area contributed by atoms with Crippen LogP contribution in [0.5, 0.6) is 5.75 Å². The number of ether oxygens (including phenoxy) is 1. The molecule has 6 nitrogen and oxygen atoms in total. The highest BCUT2D eigenvalue weighted by Crippen LogP contribution is 2.32. The molecule has 0 aliphatic heterocycles. The highest BCUT2D eigenvalue weighted by Gasteiger charge is 2.15. The number of benzene rings is 2. The molecule has 8 heteroatoms. The van der Waals surface area contributed by atoms with Crippen LogP contribution in [0.15, 0.2) is 62.2 Å². The molecular weight excluding hydrogens is 418 g/mol. The van der Waals surface area contributed by atoms with Crippen molar-refractivity contribution in [3.63, 3.8) is 0 Å². The van der Waals surface area contributed by atoms with Gasteiger partial charge in [-0.25, -0.2) is 4.79 Å². The number of nitrogens with one attached hydrogen (secondary N) is 1. The second kappa shape index (κ2) is 6.89. The second-order valence-corrected chi connectivity index (χ2v) is 7.18. The van der Waals surface area contributed by atoms with Crippen LogP contribution in [0.2, 0.25) is 0 Å². The highest BCUT2D eigenvalue weighted by molar-refractivity contribution is 9.10. The lowest BCUT2D eigenvalue weighted by molar-refractivity contribution is 0.407. The zero-order valence-corrected chi connectivity index (χ0v) is 15.9. The van der Waals surface area contributed by atoms with Crippen LogP contribution in [-0.4, -0.2) is 17.3 Å². The van der Waals surface area contributed by atoms with Crippen molar-refractivity contribution in [2.24, 2.45) is 0 Å². The summed E-state index contributed by atoms with van der Waals surface area (Å²) in [6, 6.07) is 14.9.